The van der Waals surface area contributed by atoms with Crippen LogP contribution in [0, 0.1) is 24.7 Å². The monoisotopic (exact) mass is 630 g/mol. The summed E-state index contributed by atoms with van der Waals surface area (Å²) in [5.41, 5.74) is 6.84. The van der Waals surface area contributed by atoms with Crippen molar-refractivity contribution >= 4 is 29.1 Å². The molecule has 0 radical (unpaired) electrons. The zero-order chi connectivity index (χ0) is 31.3. The number of carboxylic acid groups (broad SMARTS) is 1. The molecule has 6 rings (SSSR count). The lowest BCUT2D eigenvalue weighted by molar-refractivity contribution is -0.143. The van der Waals surface area contributed by atoms with Crippen molar-refractivity contribution in [1.82, 2.24) is 19.9 Å². The van der Waals surface area contributed by atoms with Crippen molar-refractivity contribution in [1.29, 1.82) is 0 Å². The first-order chi connectivity index (χ1) is 21.9. The first kappa shape index (κ1) is 31.9. The molecule has 1 aliphatic heterocycles. The van der Waals surface area contributed by atoms with Crippen LogP contribution in [0.2, 0.25) is 0 Å². The van der Waals surface area contributed by atoms with Crippen LogP contribution in [-0.4, -0.2) is 56.6 Å². The molecule has 3 aromatic rings. The highest BCUT2D eigenvalue weighted by Crippen LogP contribution is 2.38. The Bertz CT molecular complexity index is 1420. The van der Waals surface area contributed by atoms with Gasteiger partial charge in [-0.25, -0.2) is 9.97 Å². The molecule has 45 heavy (non-hydrogen) atoms. The largest absolute Gasteiger partial charge is 0.481 e. The Morgan fingerprint density at radius 1 is 1.09 bits per heavy atom. The van der Waals surface area contributed by atoms with Crippen LogP contribution in [0.15, 0.2) is 35.8 Å². The standard InChI is InChI=1S/C36H50N6O2S/c1-4-30(26-12-14-27(15-13-26)35(43)44)39-36-40-31-17-16-28(25-10-6-5-7-11-25)19-29(31)34(41-36)38-32(33-24(3)37-22-45-33)21-42-18-8-9-23(2)20-42/h5-7,10-11,22-23,26-28,30,32H,4,8-9,12-21H2,1-3H3,(H,43,44)(H2,38,39,40,41)/t23-,26?,27?,28+,30+,32-/m0/s1. The summed E-state index contributed by atoms with van der Waals surface area (Å²) in [5.74, 6) is 2.39. The SMILES string of the molecule is CC[C@@H](Nc1nc2c(c(N[C@@H](CN3CCC[C@H](C)C3)c3scnc3C)n1)C[C@H](c1ccccc1)CC2)C1CCC(C(=O)O)CC1. The number of likely N-dealkylation sites (tertiary alicyclic amines) is 1. The molecule has 2 aromatic heterocycles. The molecule has 0 spiro atoms. The van der Waals surface area contributed by atoms with E-state index < -0.39 is 5.97 Å². The van der Waals surface area contributed by atoms with Gasteiger partial charge in [0.1, 0.15) is 5.82 Å². The quantitative estimate of drug-likeness (QED) is 0.200. The Morgan fingerprint density at radius 2 is 1.89 bits per heavy atom. The number of nitrogens with one attached hydrogen (secondary N) is 2. The molecule has 0 unspecified atom stereocenters. The van der Waals surface area contributed by atoms with E-state index in [2.05, 4.69) is 71.6 Å². The summed E-state index contributed by atoms with van der Waals surface area (Å²) in [7, 11) is 0. The maximum absolute atomic E-state index is 11.6. The zero-order valence-electron chi connectivity index (χ0n) is 27.2. The highest BCUT2D eigenvalue weighted by Gasteiger charge is 2.32. The van der Waals surface area contributed by atoms with E-state index in [-0.39, 0.29) is 18.0 Å². The van der Waals surface area contributed by atoms with E-state index in [1.54, 1.807) is 11.3 Å². The van der Waals surface area contributed by atoms with Crippen molar-refractivity contribution in [3.63, 3.8) is 0 Å². The van der Waals surface area contributed by atoms with Gasteiger partial charge in [-0.1, -0.05) is 44.2 Å². The summed E-state index contributed by atoms with van der Waals surface area (Å²) in [6.45, 7) is 9.90. The Labute approximate surface area is 272 Å². The lowest BCUT2D eigenvalue weighted by Gasteiger charge is -2.35. The second-order valence-corrected chi connectivity index (χ2v) is 14.7. The molecule has 0 bridgehead atoms. The molecule has 0 amide bonds. The molecule has 1 saturated heterocycles. The number of aromatic nitrogens is 3. The number of aryl methyl sites for hydroxylation is 2. The number of hydrogen-bond donors (Lipinski definition) is 3. The summed E-state index contributed by atoms with van der Waals surface area (Å²) in [5, 5.41) is 17.3. The van der Waals surface area contributed by atoms with Gasteiger partial charge in [-0.05, 0) is 101 Å². The number of carbonyl (C=O) groups is 1. The van der Waals surface area contributed by atoms with Crippen LogP contribution in [0.1, 0.15) is 105 Å². The highest BCUT2D eigenvalue weighted by atomic mass is 32.1. The van der Waals surface area contributed by atoms with E-state index in [0.717, 1.165) is 88.2 Å². The molecule has 1 aromatic carbocycles. The van der Waals surface area contributed by atoms with E-state index in [4.69, 9.17) is 9.97 Å². The van der Waals surface area contributed by atoms with Crippen molar-refractivity contribution < 1.29 is 9.90 Å². The van der Waals surface area contributed by atoms with E-state index in [1.165, 1.54) is 28.8 Å². The lowest BCUT2D eigenvalue weighted by atomic mass is 9.78. The van der Waals surface area contributed by atoms with Gasteiger partial charge in [0.15, 0.2) is 0 Å². The average molecular weight is 631 g/mol. The number of hydrogen-bond acceptors (Lipinski definition) is 8. The molecule has 4 atom stereocenters. The molecule has 3 N–H and O–H groups in total. The average Bonchev–Trinajstić information content (AvgIpc) is 3.49. The van der Waals surface area contributed by atoms with E-state index in [0.29, 0.717) is 23.7 Å². The van der Waals surface area contributed by atoms with Crippen molar-refractivity contribution in [3.05, 3.63) is 63.2 Å². The molecular formula is C36H50N6O2S. The van der Waals surface area contributed by atoms with Gasteiger partial charge in [-0.2, -0.15) is 4.98 Å². The van der Waals surface area contributed by atoms with Gasteiger partial charge >= 0.3 is 5.97 Å². The number of aliphatic carboxylic acids is 1. The van der Waals surface area contributed by atoms with Crippen LogP contribution in [0.5, 0.6) is 0 Å². The Morgan fingerprint density at radius 3 is 2.58 bits per heavy atom. The number of fused-ring (bicyclic) bond motifs is 1. The highest BCUT2D eigenvalue weighted by molar-refractivity contribution is 7.09. The van der Waals surface area contributed by atoms with E-state index in [1.807, 2.05) is 5.51 Å². The second-order valence-electron chi connectivity index (χ2n) is 13.8. The van der Waals surface area contributed by atoms with Crippen LogP contribution < -0.4 is 10.6 Å². The Balaban J connectivity index is 1.30. The van der Waals surface area contributed by atoms with Crippen molar-refractivity contribution in [3.8, 4) is 0 Å². The number of benzene rings is 1. The third-order valence-corrected chi connectivity index (χ3v) is 11.6. The van der Waals surface area contributed by atoms with Crippen molar-refractivity contribution in [2.45, 2.75) is 103 Å². The van der Waals surface area contributed by atoms with Crippen molar-refractivity contribution in [2.24, 2.45) is 17.8 Å². The van der Waals surface area contributed by atoms with Crippen LogP contribution in [0.3, 0.4) is 0 Å². The number of piperidine rings is 1. The number of thiazole rings is 1. The van der Waals surface area contributed by atoms with Crippen LogP contribution in [-0.2, 0) is 17.6 Å². The van der Waals surface area contributed by atoms with Crippen molar-refractivity contribution in [2.75, 3.05) is 30.3 Å². The van der Waals surface area contributed by atoms with E-state index >= 15 is 0 Å². The fraction of sp³-hybridized carbons (Fsp3) is 0.611. The minimum Gasteiger partial charge on any atom is -0.481 e. The van der Waals surface area contributed by atoms with Gasteiger partial charge in [0.25, 0.3) is 0 Å². The minimum atomic E-state index is -0.651. The minimum absolute atomic E-state index is 0.0972. The summed E-state index contributed by atoms with van der Waals surface area (Å²) in [6.07, 6.45) is 9.80. The van der Waals surface area contributed by atoms with Crippen LogP contribution >= 0.6 is 11.3 Å². The third kappa shape index (κ3) is 7.68. The molecular weight excluding hydrogens is 581 g/mol. The molecule has 2 fully saturated rings. The molecule has 242 valence electrons. The molecule has 3 aliphatic rings. The zero-order valence-corrected chi connectivity index (χ0v) is 28.0. The van der Waals surface area contributed by atoms with Gasteiger partial charge in [-0.15, -0.1) is 11.3 Å². The smallest absolute Gasteiger partial charge is 0.306 e. The maximum Gasteiger partial charge on any atom is 0.306 e. The predicted octanol–water partition coefficient (Wildman–Crippen LogP) is 7.48. The lowest BCUT2D eigenvalue weighted by Crippen LogP contribution is -2.39. The Kier molecular flexibility index (Phi) is 10.3. The number of rotatable bonds is 11. The first-order valence-electron chi connectivity index (χ1n) is 17.2. The van der Waals surface area contributed by atoms with Gasteiger partial charge in [0.05, 0.1) is 33.7 Å². The number of nitrogens with zero attached hydrogens (tertiary/aromatic N) is 4. The molecule has 2 aliphatic carbocycles. The topological polar surface area (TPSA) is 103 Å². The van der Waals surface area contributed by atoms with Gasteiger partial charge in [-0.3, -0.25) is 4.79 Å². The molecule has 9 heteroatoms. The summed E-state index contributed by atoms with van der Waals surface area (Å²) < 4.78 is 0. The van der Waals surface area contributed by atoms with Gasteiger partial charge in [0, 0.05) is 24.7 Å². The molecule has 1 saturated carbocycles. The van der Waals surface area contributed by atoms with Crippen LogP contribution in [0.25, 0.3) is 0 Å². The number of carboxylic acids is 1. The summed E-state index contributed by atoms with van der Waals surface area (Å²) in [4.78, 5) is 30.5. The Hall–Kier alpha value is -3.04. The summed E-state index contributed by atoms with van der Waals surface area (Å²) in [6, 6.07) is 11.2. The van der Waals surface area contributed by atoms with E-state index in [9.17, 15) is 9.90 Å². The maximum atomic E-state index is 11.6. The predicted molar refractivity (Wildman–Crippen MR) is 182 cm³/mol. The number of anilines is 2. The molecule has 8 nitrogen and oxygen atoms in total. The van der Waals surface area contributed by atoms with Crippen LogP contribution in [0.4, 0.5) is 11.8 Å². The fourth-order valence-electron chi connectivity index (χ4n) is 8.01. The summed E-state index contributed by atoms with van der Waals surface area (Å²) >= 11 is 1.74. The first-order valence-corrected chi connectivity index (χ1v) is 18.1. The van der Waals surface area contributed by atoms with Gasteiger partial charge < -0.3 is 20.6 Å². The fourth-order valence-corrected chi connectivity index (χ4v) is 8.85. The molecule has 3 heterocycles. The third-order valence-electron chi connectivity index (χ3n) is 10.6. The van der Waals surface area contributed by atoms with Gasteiger partial charge in [0.2, 0.25) is 5.95 Å². The second kappa shape index (κ2) is 14.6. The normalized spacial score (nSPS) is 25.2.